The molecule has 1 aliphatic carbocycles. The molecule has 2 rings (SSSR count). The van der Waals surface area contributed by atoms with E-state index < -0.39 is 0 Å². The van der Waals surface area contributed by atoms with E-state index in [-0.39, 0.29) is 5.91 Å². The summed E-state index contributed by atoms with van der Waals surface area (Å²) in [6.45, 7) is 0.911. The fourth-order valence-corrected chi connectivity index (χ4v) is 2.43. The van der Waals surface area contributed by atoms with Gasteiger partial charge in [-0.2, -0.15) is 0 Å². The maximum atomic E-state index is 11.1. The van der Waals surface area contributed by atoms with E-state index in [1.54, 1.807) is 7.05 Å². The molecule has 1 fully saturated rings. The van der Waals surface area contributed by atoms with E-state index in [1.807, 2.05) is 7.05 Å². The minimum atomic E-state index is 0.119. The number of hydrogen-bond donors (Lipinski definition) is 2. The summed E-state index contributed by atoms with van der Waals surface area (Å²) < 4.78 is 2.19. The molecule has 0 aromatic carbocycles. The third-order valence-corrected chi connectivity index (χ3v) is 3.64. The van der Waals surface area contributed by atoms with Gasteiger partial charge in [0.15, 0.2) is 0 Å². The van der Waals surface area contributed by atoms with Crippen molar-refractivity contribution in [3.63, 3.8) is 0 Å². The summed E-state index contributed by atoms with van der Waals surface area (Å²) in [5.41, 5.74) is 1.37. The van der Waals surface area contributed by atoms with Crippen LogP contribution in [0, 0.1) is 5.92 Å². The van der Waals surface area contributed by atoms with Crippen LogP contribution in [0.5, 0.6) is 0 Å². The molecule has 2 N–H and O–H groups in total. The molecular weight excluding hydrogens is 226 g/mol. The molecule has 4 nitrogen and oxygen atoms in total. The topological polar surface area (TPSA) is 46.1 Å². The van der Waals surface area contributed by atoms with Crippen molar-refractivity contribution in [1.82, 2.24) is 15.2 Å². The van der Waals surface area contributed by atoms with Gasteiger partial charge in [-0.05, 0) is 43.9 Å². The standard InChI is InChI=1S/C14H23N3O/c1-15-13(18)4-3-8-17-9-7-12(10-17)14(16-2)11-5-6-11/h7,9-11,14,16H,3-6,8H2,1-2H3,(H,15,18). The summed E-state index contributed by atoms with van der Waals surface area (Å²) in [5, 5.41) is 6.05. The molecule has 4 heteroatoms. The number of carbonyl (C=O) groups is 1. The minimum Gasteiger partial charge on any atom is -0.359 e. The maximum absolute atomic E-state index is 11.1. The normalized spacial score (nSPS) is 16.6. The van der Waals surface area contributed by atoms with Crippen molar-refractivity contribution in [2.24, 2.45) is 5.92 Å². The van der Waals surface area contributed by atoms with Gasteiger partial charge < -0.3 is 15.2 Å². The van der Waals surface area contributed by atoms with Crippen LogP contribution < -0.4 is 10.6 Å². The Balaban J connectivity index is 1.83. The molecule has 1 aliphatic rings. The molecule has 100 valence electrons. The van der Waals surface area contributed by atoms with Crippen LogP contribution in [-0.4, -0.2) is 24.6 Å². The van der Waals surface area contributed by atoms with Gasteiger partial charge >= 0.3 is 0 Å². The summed E-state index contributed by atoms with van der Waals surface area (Å²) in [7, 11) is 3.72. The van der Waals surface area contributed by atoms with Crippen LogP contribution in [0.2, 0.25) is 0 Å². The molecule has 0 aliphatic heterocycles. The fraction of sp³-hybridized carbons (Fsp3) is 0.643. The highest BCUT2D eigenvalue weighted by Gasteiger charge is 2.31. The molecule has 1 atom stereocenters. The van der Waals surface area contributed by atoms with Crippen LogP contribution in [-0.2, 0) is 11.3 Å². The van der Waals surface area contributed by atoms with Gasteiger partial charge in [0.05, 0.1) is 0 Å². The molecule has 1 saturated carbocycles. The first-order valence-corrected chi connectivity index (χ1v) is 6.78. The van der Waals surface area contributed by atoms with Gasteiger partial charge in [-0.3, -0.25) is 4.79 Å². The molecule has 1 aromatic rings. The average molecular weight is 249 g/mol. The van der Waals surface area contributed by atoms with Crippen LogP contribution in [0.1, 0.15) is 37.3 Å². The summed E-state index contributed by atoms with van der Waals surface area (Å²) in [5.74, 6) is 0.935. The van der Waals surface area contributed by atoms with E-state index in [9.17, 15) is 4.79 Å². The zero-order chi connectivity index (χ0) is 13.0. The molecule has 0 bridgehead atoms. The van der Waals surface area contributed by atoms with Crippen molar-refractivity contribution in [3.05, 3.63) is 24.0 Å². The number of aromatic nitrogens is 1. The van der Waals surface area contributed by atoms with Crippen LogP contribution in [0.15, 0.2) is 18.5 Å². The molecule has 0 radical (unpaired) electrons. The number of hydrogen-bond acceptors (Lipinski definition) is 2. The highest BCUT2D eigenvalue weighted by Crippen LogP contribution is 2.40. The Morgan fingerprint density at radius 3 is 2.89 bits per heavy atom. The van der Waals surface area contributed by atoms with Crippen molar-refractivity contribution in [2.45, 2.75) is 38.3 Å². The van der Waals surface area contributed by atoms with Crippen LogP contribution in [0.3, 0.4) is 0 Å². The molecule has 1 amide bonds. The predicted molar refractivity (Wildman–Crippen MR) is 72.3 cm³/mol. The van der Waals surface area contributed by atoms with Crippen molar-refractivity contribution in [1.29, 1.82) is 0 Å². The highest BCUT2D eigenvalue weighted by molar-refractivity contribution is 5.75. The molecule has 18 heavy (non-hydrogen) atoms. The second kappa shape index (κ2) is 6.05. The Labute approximate surface area is 109 Å². The van der Waals surface area contributed by atoms with Gasteiger partial charge in [0.25, 0.3) is 0 Å². The summed E-state index contributed by atoms with van der Waals surface area (Å²) in [6, 6.07) is 2.70. The molecular formula is C14H23N3O. The lowest BCUT2D eigenvalue weighted by Crippen LogP contribution is -2.18. The fourth-order valence-electron chi connectivity index (χ4n) is 2.43. The van der Waals surface area contributed by atoms with Gasteiger partial charge in [-0.15, -0.1) is 0 Å². The van der Waals surface area contributed by atoms with Crippen molar-refractivity contribution < 1.29 is 4.79 Å². The lowest BCUT2D eigenvalue weighted by molar-refractivity contribution is -0.120. The summed E-state index contributed by atoms with van der Waals surface area (Å²) >= 11 is 0. The first-order valence-electron chi connectivity index (χ1n) is 6.78. The number of rotatable bonds is 7. The van der Waals surface area contributed by atoms with E-state index >= 15 is 0 Å². The Kier molecular flexibility index (Phi) is 4.42. The van der Waals surface area contributed by atoms with E-state index in [1.165, 1.54) is 18.4 Å². The number of amides is 1. The third-order valence-electron chi connectivity index (χ3n) is 3.64. The lowest BCUT2D eigenvalue weighted by Gasteiger charge is -2.13. The zero-order valence-electron chi connectivity index (χ0n) is 11.3. The van der Waals surface area contributed by atoms with E-state index in [0.29, 0.717) is 12.5 Å². The molecule has 1 heterocycles. The Morgan fingerprint density at radius 1 is 1.50 bits per heavy atom. The van der Waals surface area contributed by atoms with Crippen molar-refractivity contribution in [3.8, 4) is 0 Å². The Morgan fingerprint density at radius 2 is 2.28 bits per heavy atom. The molecule has 0 spiro atoms. The van der Waals surface area contributed by atoms with Crippen molar-refractivity contribution in [2.75, 3.05) is 14.1 Å². The zero-order valence-corrected chi connectivity index (χ0v) is 11.3. The van der Waals surface area contributed by atoms with Gasteiger partial charge in [-0.1, -0.05) is 0 Å². The predicted octanol–water partition coefficient (Wildman–Crippen LogP) is 1.68. The number of nitrogens with one attached hydrogen (secondary N) is 2. The number of nitrogens with zero attached hydrogens (tertiary/aromatic N) is 1. The van der Waals surface area contributed by atoms with Gasteiger partial charge in [0.1, 0.15) is 0 Å². The number of aryl methyl sites for hydroxylation is 1. The quantitative estimate of drug-likeness (QED) is 0.772. The van der Waals surface area contributed by atoms with Crippen LogP contribution in [0.25, 0.3) is 0 Å². The second-order valence-electron chi connectivity index (χ2n) is 5.06. The largest absolute Gasteiger partial charge is 0.359 e. The van der Waals surface area contributed by atoms with Crippen LogP contribution >= 0.6 is 0 Å². The summed E-state index contributed by atoms with van der Waals surface area (Å²) in [4.78, 5) is 11.1. The minimum absolute atomic E-state index is 0.119. The molecule has 1 unspecified atom stereocenters. The third kappa shape index (κ3) is 3.35. The van der Waals surface area contributed by atoms with Crippen LogP contribution in [0.4, 0.5) is 0 Å². The summed E-state index contributed by atoms with van der Waals surface area (Å²) in [6.07, 6.45) is 8.50. The first-order chi connectivity index (χ1) is 8.74. The maximum Gasteiger partial charge on any atom is 0.219 e. The van der Waals surface area contributed by atoms with Gasteiger partial charge in [0, 0.05) is 38.4 Å². The number of carbonyl (C=O) groups excluding carboxylic acids is 1. The Hall–Kier alpha value is -1.29. The second-order valence-corrected chi connectivity index (χ2v) is 5.06. The molecule has 0 saturated heterocycles. The van der Waals surface area contributed by atoms with Crippen molar-refractivity contribution >= 4 is 5.91 Å². The monoisotopic (exact) mass is 249 g/mol. The van der Waals surface area contributed by atoms with Gasteiger partial charge in [0.2, 0.25) is 5.91 Å². The average Bonchev–Trinajstić information content (AvgIpc) is 3.10. The Bertz CT molecular complexity index is 395. The highest BCUT2D eigenvalue weighted by atomic mass is 16.1. The van der Waals surface area contributed by atoms with E-state index in [2.05, 4.69) is 33.7 Å². The van der Waals surface area contributed by atoms with E-state index in [4.69, 9.17) is 0 Å². The lowest BCUT2D eigenvalue weighted by atomic mass is 10.1. The van der Waals surface area contributed by atoms with E-state index in [0.717, 1.165) is 18.9 Å². The molecule has 1 aromatic heterocycles. The first kappa shape index (κ1) is 13.1. The van der Waals surface area contributed by atoms with Gasteiger partial charge in [-0.25, -0.2) is 0 Å². The smallest absolute Gasteiger partial charge is 0.219 e. The SMILES string of the molecule is CNC(=O)CCCn1ccc(C(NC)C2CC2)c1.